The zero-order chi connectivity index (χ0) is 17.9. The molecule has 1 aromatic rings. The van der Waals surface area contributed by atoms with Crippen molar-refractivity contribution in [3.63, 3.8) is 0 Å². The first-order valence-corrected chi connectivity index (χ1v) is 9.04. The first-order valence-electron chi connectivity index (χ1n) is 7.60. The Balaban J connectivity index is 2.14. The highest BCUT2D eigenvalue weighted by Crippen LogP contribution is 2.17. The molecule has 0 radical (unpaired) electrons. The van der Waals surface area contributed by atoms with Gasteiger partial charge in [-0.2, -0.15) is 4.31 Å². The van der Waals surface area contributed by atoms with Gasteiger partial charge in [0.2, 0.25) is 15.9 Å². The van der Waals surface area contributed by atoms with Gasteiger partial charge in [0.1, 0.15) is 10.6 Å². The SMILES string of the molecule is CNC(=O)c1cc(S(=O)(=O)N(C)CC(=O)N2CCNCC2)cn1C. The van der Waals surface area contributed by atoms with E-state index in [2.05, 4.69) is 10.6 Å². The molecule has 0 atom stereocenters. The van der Waals surface area contributed by atoms with Gasteiger partial charge < -0.3 is 20.1 Å². The molecule has 2 N–H and O–H groups in total. The third-order valence-corrected chi connectivity index (χ3v) is 5.74. The number of aryl methyl sites for hydroxylation is 1. The zero-order valence-corrected chi connectivity index (χ0v) is 14.9. The summed E-state index contributed by atoms with van der Waals surface area (Å²) >= 11 is 0. The lowest BCUT2D eigenvalue weighted by Crippen LogP contribution is -2.49. The Morgan fingerprint density at radius 2 is 1.96 bits per heavy atom. The molecular weight excluding hydrogens is 334 g/mol. The molecule has 1 aliphatic heterocycles. The van der Waals surface area contributed by atoms with Gasteiger partial charge in [0.15, 0.2) is 0 Å². The number of hydrogen-bond donors (Lipinski definition) is 2. The van der Waals surface area contributed by atoms with Crippen LogP contribution in [0.1, 0.15) is 10.5 Å². The Bertz CT molecular complexity index is 722. The summed E-state index contributed by atoms with van der Waals surface area (Å²) < 4.78 is 27.7. The first kappa shape index (κ1) is 18.4. The Kier molecular flexibility index (Phi) is 5.62. The fourth-order valence-corrected chi connectivity index (χ4v) is 3.69. The fraction of sp³-hybridized carbons (Fsp3) is 0.571. The number of nitrogens with one attached hydrogen (secondary N) is 2. The Hall–Kier alpha value is -1.91. The van der Waals surface area contributed by atoms with Gasteiger partial charge in [0.05, 0.1) is 6.54 Å². The molecule has 2 rings (SSSR count). The lowest BCUT2D eigenvalue weighted by atomic mass is 10.3. The molecule has 10 heteroatoms. The van der Waals surface area contributed by atoms with E-state index in [9.17, 15) is 18.0 Å². The predicted molar refractivity (Wildman–Crippen MR) is 88.1 cm³/mol. The third kappa shape index (κ3) is 3.77. The van der Waals surface area contributed by atoms with Crippen LogP contribution >= 0.6 is 0 Å². The lowest BCUT2D eigenvalue weighted by molar-refractivity contribution is -0.131. The molecule has 2 heterocycles. The van der Waals surface area contributed by atoms with Crippen LogP contribution in [0.5, 0.6) is 0 Å². The Labute approximate surface area is 141 Å². The highest BCUT2D eigenvalue weighted by molar-refractivity contribution is 7.89. The predicted octanol–water partition coefficient (Wildman–Crippen LogP) is -1.56. The summed E-state index contributed by atoms with van der Waals surface area (Å²) in [5, 5.41) is 5.59. The minimum absolute atomic E-state index is 0.0146. The molecule has 134 valence electrons. The van der Waals surface area contributed by atoms with E-state index in [0.717, 1.165) is 4.31 Å². The molecule has 0 aromatic carbocycles. The average Bonchev–Trinajstić information content (AvgIpc) is 2.97. The molecule has 0 bridgehead atoms. The number of piperazine rings is 1. The van der Waals surface area contributed by atoms with Crippen LogP contribution in [0, 0.1) is 0 Å². The highest BCUT2D eigenvalue weighted by Gasteiger charge is 2.28. The number of sulfonamides is 1. The van der Waals surface area contributed by atoms with E-state index >= 15 is 0 Å². The second-order valence-electron chi connectivity index (χ2n) is 5.64. The molecule has 1 fully saturated rings. The van der Waals surface area contributed by atoms with E-state index in [1.165, 1.54) is 30.9 Å². The number of likely N-dealkylation sites (N-methyl/N-ethyl adjacent to an activating group) is 1. The monoisotopic (exact) mass is 357 g/mol. The molecule has 1 aromatic heterocycles. The van der Waals surface area contributed by atoms with Gasteiger partial charge in [0.25, 0.3) is 5.91 Å². The summed E-state index contributed by atoms with van der Waals surface area (Å²) in [4.78, 5) is 25.6. The number of aromatic nitrogens is 1. The average molecular weight is 357 g/mol. The topological polar surface area (TPSA) is 104 Å². The number of rotatable bonds is 5. The van der Waals surface area contributed by atoms with Crippen molar-refractivity contribution in [2.45, 2.75) is 4.90 Å². The molecule has 0 spiro atoms. The van der Waals surface area contributed by atoms with E-state index in [1.54, 1.807) is 11.9 Å². The molecule has 1 aliphatic rings. The quantitative estimate of drug-likeness (QED) is 0.663. The van der Waals surface area contributed by atoms with Gasteiger partial charge in [-0.1, -0.05) is 0 Å². The number of carbonyl (C=O) groups is 2. The minimum Gasteiger partial charge on any atom is -0.354 e. The van der Waals surface area contributed by atoms with E-state index in [0.29, 0.717) is 26.2 Å². The van der Waals surface area contributed by atoms with Crippen molar-refractivity contribution in [1.82, 2.24) is 24.4 Å². The molecule has 9 nitrogen and oxygen atoms in total. The van der Waals surface area contributed by atoms with Gasteiger partial charge in [-0.25, -0.2) is 8.42 Å². The Morgan fingerprint density at radius 1 is 1.33 bits per heavy atom. The molecule has 0 saturated carbocycles. The second kappa shape index (κ2) is 7.32. The summed E-state index contributed by atoms with van der Waals surface area (Å²) in [5.74, 6) is -0.608. The maximum atomic E-state index is 12.6. The number of nitrogens with zero attached hydrogens (tertiary/aromatic N) is 3. The maximum Gasteiger partial charge on any atom is 0.267 e. The lowest BCUT2D eigenvalue weighted by Gasteiger charge is -2.29. The van der Waals surface area contributed by atoms with Crippen LogP contribution in [0.4, 0.5) is 0 Å². The van der Waals surface area contributed by atoms with Crippen molar-refractivity contribution in [1.29, 1.82) is 0 Å². The van der Waals surface area contributed by atoms with E-state index in [4.69, 9.17) is 0 Å². The minimum atomic E-state index is -3.85. The van der Waals surface area contributed by atoms with Crippen molar-refractivity contribution in [2.24, 2.45) is 7.05 Å². The van der Waals surface area contributed by atoms with Crippen LogP contribution in [0.15, 0.2) is 17.2 Å². The van der Waals surface area contributed by atoms with Crippen LogP contribution in [0.2, 0.25) is 0 Å². The van der Waals surface area contributed by atoms with E-state index < -0.39 is 10.0 Å². The zero-order valence-electron chi connectivity index (χ0n) is 14.1. The van der Waals surface area contributed by atoms with Crippen LogP contribution in [-0.2, 0) is 21.9 Å². The normalized spacial score (nSPS) is 15.6. The summed E-state index contributed by atoms with van der Waals surface area (Å²) in [5.41, 5.74) is 0.234. The first-order chi connectivity index (χ1) is 11.3. The van der Waals surface area contributed by atoms with Crippen molar-refractivity contribution in [3.05, 3.63) is 18.0 Å². The van der Waals surface area contributed by atoms with Crippen LogP contribution in [0.25, 0.3) is 0 Å². The van der Waals surface area contributed by atoms with Gasteiger partial charge in [-0.3, -0.25) is 9.59 Å². The van der Waals surface area contributed by atoms with E-state index in [-0.39, 0.29) is 28.9 Å². The van der Waals surface area contributed by atoms with Crippen molar-refractivity contribution >= 4 is 21.8 Å². The maximum absolute atomic E-state index is 12.6. The van der Waals surface area contributed by atoms with Crippen molar-refractivity contribution < 1.29 is 18.0 Å². The molecule has 2 amide bonds. The van der Waals surface area contributed by atoms with Crippen molar-refractivity contribution in [2.75, 3.05) is 46.8 Å². The van der Waals surface area contributed by atoms with Gasteiger partial charge in [-0.05, 0) is 6.07 Å². The number of amides is 2. The van der Waals surface area contributed by atoms with Gasteiger partial charge in [-0.15, -0.1) is 0 Å². The van der Waals surface area contributed by atoms with Gasteiger partial charge in [0, 0.05) is 53.5 Å². The van der Waals surface area contributed by atoms with Gasteiger partial charge >= 0.3 is 0 Å². The summed E-state index contributed by atoms with van der Waals surface area (Å²) in [6, 6.07) is 1.31. The number of hydrogen-bond acceptors (Lipinski definition) is 5. The van der Waals surface area contributed by atoms with Crippen molar-refractivity contribution in [3.8, 4) is 0 Å². The molecule has 0 aliphatic carbocycles. The third-order valence-electron chi connectivity index (χ3n) is 3.98. The molecule has 1 saturated heterocycles. The standard InChI is InChI=1S/C14H23N5O4S/c1-15-14(21)12-8-11(9-17(12)2)24(22,23)18(3)10-13(20)19-6-4-16-5-7-19/h8-9,16H,4-7,10H2,1-3H3,(H,15,21). The smallest absolute Gasteiger partial charge is 0.267 e. The molecular formula is C14H23N5O4S. The highest BCUT2D eigenvalue weighted by atomic mass is 32.2. The molecule has 0 unspecified atom stereocenters. The van der Waals surface area contributed by atoms with E-state index in [1.807, 2.05) is 0 Å². The second-order valence-corrected chi connectivity index (χ2v) is 7.69. The summed E-state index contributed by atoms with van der Waals surface area (Å²) in [6.07, 6.45) is 1.37. The Morgan fingerprint density at radius 3 is 2.54 bits per heavy atom. The van der Waals surface area contributed by atoms with Crippen LogP contribution < -0.4 is 10.6 Å². The van der Waals surface area contributed by atoms with Crippen LogP contribution in [-0.4, -0.2) is 80.8 Å². The molecule has 24 heavy (non-hydrogen) atoms. The summed E-state index contributed by atoms with van der Waals surface area (Å²) in [7, 11) is 0.583. The largest absolute Gasteiger partial charge is 0.354 e. The fourth-order valence-electron chi connectivity index (χ4n) is 2.50. The summed E-state index contributed by atoms with van der Waals surface area (Å²) in [6.45, 7) is 2.32. The number of carbonyl (C=O) groups excluding carboxylic acids is 2. The van der Waals surface area contributed by atoms with Crippen LogP contribution in [0.3, 0.4) is 0 Å².